The lowest BCUT2D eigenvalue weighted by atomic mass is 10.2. The van der Waals surface area contributed by atoms with Crippen LogP contribution in [0.1, 0.15) is 16.1 Å². The van der Waals surface area contributed by atoms with Crippen molar-refractivity contribution in [3.05, 3.63) is 53.8 Å². The molecule has 2 aromatic carbocycles. The van der Waals surface area contributed by atoms with E-state index in [0.717, 1.165) is 11.3 Å². The van der Waals surface area contributed by atoms with Gasteiger partial charge < -0.3 is 33.1 Å². The third-order valence-electron chi connectivity index (χ3n) is 4.62. The maximum absolute atomic E-state index is 12.5. The summed E-state index contributed by atoms with van der Waals surface area (Å²) in [4.78, 5) is 19.9. The van der Waals surface area contributed by atoms with Crippen LogP contribution in [0.25, 0.3) is 0 Å². The molecule has 0 unspecified atom stereocenters. The summed E-state index contributed by atoms with van der Waals surface area (Å²) < 4.78 is 27.1. The van der Waals surface area contributed by atoms with Crippen LogP contribution in [0.4, 0.5) is 5.69 Å². The number of ether oxygens (including phenoxy) is 4. The van der Waals surface area contributed by atoms with E-state index in [1.54, 1.807) is 18.2 Å². The highest BCUT2D eigenvalue weighted by molar-refractivity contribution is 5.91. The maximum Gasteiger partial charge on any atom is 0.319 e. The van der Waals surface area contributed by atoms with Crippen LogP contribution >= 0.6 is 0 Å². The van der Waals surface area contributed by atoms with Gasteiger partial charge in [0, 0.05) is 44.0 Å². The number of nitrogens with one attached hydrogen (secondary N) is 1. The van der Waals surface area contributed by atoms with E-state index < -0.39 is 5.91 Å². The molecule has 0 bridgehead atoms. The number of anilines is 1. The first-order valence-electron chi connectivity index (χ1n) is 9.69. The van der Waals surface area contributed by atoms with Gasteiger partial charge in [-0.3, -0.25) is 4.79 Å². The Morgan fingerprint density at radius 2 is 1.59 bits per heavy atom. The van der Waals surface area contributed by atoms with Crippen molar-refractivity contribution in [1.82, 2.24) is 5.48 Å². The highest BCUT2D eigenvalue weighted by Crippen LogP contribution is 2.40. The van der Waals surface area contributed by atoms with E-state index in [9.17, 15) is 4.79 Å². The first-order valence-corrected chi connectivity index (χ1v) is 9.69. The molecule has 1 amide bonds. The monoisotopic (exact) mass is 442 g/mol. The number of furan rings is 1. The lowest BCUT2D eigenvalue weighted by Gasteiger charge is -2.15. The quantitative estimate of drug-likeness (QED) is 0.493. The number of hydrogen-bond donors (Lipinski definition) is 1. The van der Waals surface area contributed by atoms with Crippen molar-refractivity contribution in [3.8, 4) is 34.7 Å². The molecule has 0 radical (unpaired) electrons. The second kappa shape index (κ2) is 9.86. The van der Waals surface area contributed by atoms with Gasteiger partial charge in [-0.15, -0.1) is 0 Å². The van der Waals surface area contributed by atoms with Gasteiger partial charge in [0.2, 0.25) is 5.75 Å². The number of carbonyl (C=O) groups excluding carboxylic acids is 1. The molecule has 0 aliphatic heterocycles. The molecule has 0 saturated carbocycles. The minimum absolute atomic E-state index is 0.00728. The second-order valence-corrected chi connectivity index (χ2v) is 6.96. The van der Waals surface area contributed by atoms with E-state index in [-0.39, 0.29) is 17.5 Å². The Kier molecular flexibility index (Phi) is 6.99. The largest absolute Gasteiger partial charge is 0.496 e. The second-order valence-electron chi connectivity index (χ2n) is 6.96. The SMILES string of the molecule is COc1cc(OC)c(ONC(=O)c2ccc(Oc3cc(N(C)C)ccc3C)o2)c(OC)c1. The number of carbonyl (C=O) groups is 1. The Morgan fingerprint density at radius 1 is 0.906 bits per heavy atom. The lowest BCUT2D eigenvalue weighted by Crippen LogP contribution is -2.27. The Morgan fingerprint density at radius 3 is 2.19 bits per heavy atom. The summed E-state index contributed by atoms with van der Waals surface area (Å²) in [6.07, 6.45) is 0. The predicted octanol–water partition coefficient (Wildman–Crippen LogP) is 4.20. The van der Waals surface area contributed by atoms with E-state index in [2.05, 4.69) is 5.48 Å². The molecule has 3 rings (SSSR count). The normalized spacial score (nSPS) is 10.3. The summed E-state index contributed by atoms with van der Waals surface area (Å²) in [6.45, 7) is 1.93. The topological polar surface area (TPSA) is 91.6 Å². The fraction of sp³-hybridized carbons (Fsp3) is 0.261. The molecule has 0 fully saturated rings. The molecule has 1 aromatic heterocycles. The highest BCUT2D eigenvalue weighted by atomic mass is 16.7. The number of hydroxylamine groups is 1. The van der Waals surface area contributed by atoms with Gasteiger partial charge in [-0.1, -0.05) is 6.07 Å². The summed E-state index contributed by atoms with van der Waals surface area (Å²) in [5.41, 5.74) is 4.23. The van der Waals surface area contributed by atoms with Gasteiger partial charge in [0.25, 0.3) is 5.95 Å². The van der Waals surface area contributed by atoms with Crippen LogP contribution in [0.5, 0.6) is 34.7 Å². The van der Waals surface area contributed by atoms with Crippen LogP contribution in [-0.4, -0.2) is 41.3 Å². The molecule has 1 heterocycles. The summed E-state index contributed by atoms with van der Waals surface area (Å²) >= 11 is 0. The Labute approximate surface area is 186 Å². The molecular weight excluding hydrogens is 416 g/mol. The summed E-state index contributed by atoms with van der Waals surface area (Å²) in [5, 5.41) is 0. The van der Waals surface area contributed by atoms with Gasteiger partial charge in [0.15, 0.2) is 17.3 Å². The van der Waals surface area contributed by atoms with Gasteiger partial charge in [0.1, 0.15) is 11.5 Å². The van der Waals surface area contributed by atoms with Crippen molar-refractivity contribution < 1.29 is 33.0 Å². The van der Waals surface area contributed by atoms with E-state index in [4.69, 9.17) is 28.2 Å². The van der Waals surface area contributed by atoms with E-state index in [1.165, 1.54) is 27.4 Å². The average Bonchev–Trinajstić information content (AvgIpc) is 3.26. The van der Waals surface area contributed by atoms with Gasteiger partial charge in [-0.25, -0.2) is 0 Å². The highest BCUT2D eigenvalue weighted by Gasteiger charge is 2.19. The van der Waals surface area contributed by atoms with Crippen molar-refractivity contribution in [2.75, 3.05) is 40.3 Å². The zero-order valence-electron chi connectivity index (χ0n) is 18.8. The number of benzene rings is 2. The molecular formula is C23H26N2O7. The third kappa shape index (κ3) is 5.00. The average molecular weight is 442 g/mol. The zero-order chi connectivity index (χ0) is 23.3. The fourth-order valence-electron chi connectivity index (χ4n) is 2.80. The van der Waals surface area contributed by atoms with Crippen LogP contribution in [0, 0.1) is 6.92 Å². The maximum atomic E-state index is 12.5. The van der Waals surface area contributed by atoms with Crippen LogP contribution < -0.4 is 34.2 Å². The molecule has 0 atom stereocenters. The van der Waals surface area contributed by atoms with E-state index >= 15 is 0 Å². The van der Waals surface area contributed by atoms with Gasteiger partial charge >= 0.3 is 5.91 Å². The van der Waals surface area contributed by atoms with Crippen molar-refractivity contribution in [3.63, 3.8) is 0 Å². The standard InChI is InChI=1S/C23H26N2O7/c1-14-7-8-15(25(2)3)11-18(14)31-21-10-9-17(30-21)23(26)24-32-22-19(28-5)12-16(27-4)13-20(22)29-6/h7-13H,1-6H3,(H,24,26). The number of nitrogens with zero attached hydrogens (tertiary/aromatic N) is 1. The summed E-state index contributed by atoms with van der Waals surface area (Å²) in [7, 11) is 8.33. The van der Waals surface area contributed by atoms with Crippen molar-refractivity contribution >= 4 is 11.6 Å². The molecule has 1 N–H and O–H groups in total. The summed E-state index contributed by atoms with van der Waals surface area (Å²) in [6, 6.07) is 12.1. The van der Waals surface area contributed by atoms with Crippen LogP contribution in [-0.2, 0) is 0 Å². The van der Waals surface area contributed by atoms with Gasteiger partial charge in [0.05, 0.1) is 21.3 Å². The smallest absolute Gasteiger partial charge is 0.319 e. The minimum Gasteiger partial charge on any atom is -0.496 e. The number of hydrogen-bond acceptors (Lipinski definition) is 8. The molecule has 0 aliphatic rings. The molecule has 3 aromatic rings. The Balaban J connectivity index is 1.72. The van der Waals surface area contributed by atoms with Gasteiger partial charge in [-0.05, 0) is 24.6 Å². The van der Waals surface area contributed by atoms with Crippen LogP contribution in [0.2, 0.25) is 0 Å². The lowest BCUT2D eigenvalue weighted by molar-refractivity contribution is 0.0713. The Bertz CT molecular complexity index is 1070. The van der Waals surface area contributed by atoms with Gasteiger partial charge in [-0.2, -0.15) is 5.48 Å². The first kappa shape index (κ1) is 22.7. The van der Waals surface area contributed by atoms with Crippen molar-refractivity contribution in [2.45, 2.75) is 6.92 Å². The molecule has 0 aliphatic carbocycles. The van der Waals surface area contributed by atoms with E-state index in [0.29, 0.717) is 23.0 Å². The fourth-order valence-corrected chi connectivity index (χ4v) is 2.80. The van der Waals surface area contributed by atoms with E-state index in [1.807, 2.05) is 44.1 Å². The molecule has 32 heavy (non-hydrogen) atoms. The van der Waals surface area contributed by atoms with Crippen LogP contribution in [0.3, 0.4) is 0 Å². The van der Waals surface area contributed by atoms with Crippen molar-refractivity contribution in [1.29, 1.82) is 0 Å². The molecule has 0 spiro atoms. The van der Waals surface area contributed by atoms with Crippen LogP contribution in [0.15, 0.2) is 46.9 Å². The van der Waals surface area contributed by atoms with Crippen molar-refractivity contribution in [2.24, 2.45) is 0 Å². The first-order chi connectivity index (χ1) is 15.4. The number of amides is 1. The molecule has 9 nitrogen and oxygen atoms in total. The number of aryl methyl sites for hydroxylation is 1. The molecule has 0 saturated heterocycles. The number of rotatable bonds is 9. The summed E-state index contributed by atoms with van der Waals surface area (Å²) in [5.74, 6) is 1.53. The third-order valence-corrected chi connectivity index (χ3v) is 4.62. The zero-order valence-corrected chi connectivity index (χ0v) is 18.8. The minimum atomic E-state index is -0.612. The Hall–Kier alpha value is -4.01. The molecule has 9 heteroatoms. The predicted molar refractivity (Wildman–Crippen MR) is 118 cm³/mol. The number of methoxy groups -OCH3 is 3. The molecule has 170 valence electrons.